The molecule has 1 saturated carbocycles. The molecule has 2 aromatic rings. The molecule has 5 nitrogen and oxygen atoms in total. The maximum Gasteiger partial charge on any atom is 0.238 e. The Labute approximate surface area is 96.4 Å². The molecule has 2 atom stereocenters. The van der Waals surface area contributed by atoms with Crippen molar-refractivity contribution < 1.29 is 9.59 Å². The summed E-state index contributed by atoms with van der Waals surface area (Å²) in [7, 11) is 0. The van der Waals surface area contributed by atoms with Crippen LogP contribution in [0.15, 0.2) is 24.3 Å². The molecular formula is C12H9N3O2. The topological polar surface area (TPSA) is 66.1 Å². The summed E-state index contributed by atoms with van der Waals surface area (Å²) in [5, 5.41) is 7.75. The number of hydrogen-bond acceptors (Lipinski definition) is 3. The van der Waals surface area contributed by atoms with Crippen LogP contribution in [0, 0.1) is 11.8 Å². The van der Waals surface area contributed by atoms with Crippen molar-refractivity contribution in [3.63, 3.8) is 0 Å². The van der Waals surface area contributed by atoms with Crippen molar-refractivity contribution in [2.75, 3.05) is 4.90 Å². The molecule has 5 heteroatoms. The average Bonchev–Trinajstić information content (AvgIpc) is 2.98. The molecule has 2 fully saturated rings. The summed E-state index contributed by atoms with van der Waals surface area (Å²) in [4.78, 5) is 25.1. The van der Waals surface area contributed by atoms with Gasteiger partial charge in [0.2, 0.25) is 11.8 Å². The number of nitrogens with one attached hydrogen (secondary N) is 1. The number of carbonyl (C=O) groups is 2. The molecule has 2 amide bonds. The number of aromatic amines is 1. The van der Waals surface area contributed by atoms with Gasteiger partial charge in [-0.15, -0.1) is 0 Å². The van der Waals surface area contributed by atoms with Gasteiger partial charge in [0.05, 0.1) is 17.4 Å². The molecule has 17 heavy (non-hydrogen) atoms. The van der Waals surface area contributed by atoms with Gasteiger partial charge in [0.1, 0.15) is 0 Å². The van der Waals surface area contributed by atoms with Crippen LogP contribution in [0.4, 0.5) is 5.82 Å². The lowest BCUT2D eigenvalue weighted by Crippen LogP contribution is -2.33. The van der Waals surface area contributed by atoms with E-state index >= 15 is 0 Å². The van der Waals surface area contributed by atoms with E-state index in [0.717, 1.165) is 17.3 Å². The van der Waals surface area contributed by atoms with Gasteiger partial charge in [-0.05, 0) is 18.6 Å². The smallest absolute Gasteiger partial charge is 0.238 e. The van der Waals surface area contributed by atoms with E-state index in [4.69, 9.17) is 0 Å². The summed E-state index contributed by atoms with van der Waals surface area (Å²) in [5.41, 5.74) is 0.837. The van der Waals surface area contributed by atoms with Crippen LogP contribution >= 0.6 is 0 Å². The van der Waals surface area contributed by atoms with Crippen LogP contribution in [-0.4, -0.2) is 22.0 Å². The highest BCUT2D eigenvalue weighted by molar-refractivity contribution is 6.26. The summed E-state index contributed by atoms with van der Waals surface area (Å²) in [6.45, 7) is 0. The standard InChI is InChI=1S/C12H9N3O2/c16-11-7-5-8(7)12(17)15(11)10-6-3-1-2-4-9(6)13-14-10/h1-4,7-8H,5H2,(H,13,14). The monoisotopic (exact) mass is 227 g/mol. The van der Waals surface area contributed by atoms with E-state index in [2.05, 4.69) is 10.2 Å². The minimum Gasteiger partial charge on any atom is -0.276 e. The van der Waals surface area contributed by atoms with Crippen molar-refractivity contribution in [3.05, 3.63) is 24.3 Å². The van der Waals surface area contributed by atoms with E-state index in [1.165, 1.54) is 4.90 Å². The highest BCUT2D eigenvalue weighted by Crippen LogP contribution is 2.48. The molecule has 0 spiro atoms. The van der Waals surface area contributed by atoms with Gasteiger partial charge in [-0.3, -0.25) is 14.7 Å². The van der Waals surface area contributed by atoms with Crippen LogP contribution in [0.5, 0.6) is 0 Å². The lowest BCUT2D eigenvalue weighted by molar-refractivity contribution is -0.123. The Morgan fingerprint density at radius 3 is 2.65 bits per heavy atom. The van der Waals surface area contributed by atoms with Gasteiger partial charge in [0.25, 0.3) is 0 Å². The van der Waals surface area contributed by atoms with Gasteiger partial charge in [-0.1, -0.05) is 12.1 Å². The Bertz CT molecular complexity index is 641. The number of hydrogen-bond donors (Lipinski definition) is 1. The number of amides is 2. The summed E-state index contributed by atoms with van der Waals surface area (Å²) in [6.07, 6.45) is 0.719. The molecule has 2 unspecified atom stereocenters. The first-order valence-electron chi connectivity index (χ1n) is 5.58. The van der Waals surface area contributed by atoms with E-state index in [9.17, 15) is 9.59 Å². The van der Waals surface area contributed by atoms with Crippen molar-refractivity contribution in [1.29, 1.82) is 0 Å². The largest absolute Gasteiger partial charge is 0.276 e. The Morgan fingerprint density at radius 1 is 1.18 bits per heavy atom. The molecule has 0 radical (unpaired) electrons. The summed E-state index contributed by atoms with van der Waals surface area (Å²) in [5.74, 6) is 0.0771. The van der Waals surface area contributed by atoms with Crippen molar-refractivity contribution in [2.45, 2.75) is 6.42 Å². The fourth-order valence-corrected chi connectivity index (χ4v) is 2.51. The predicted octanol–water partition coefficient (Wildman–Crippen LogP) is 1.07. The molecule has 4 rings (SSSR count). The second-order valence-corrected chi connectivity index (χ2v) is 4.55. The van der Waals surface area contributed by atoms with Gasteiger partial charge in [0.15, 0.2) is 5.82 Å². The van der Waals surface area contributed by atoms with Crippen molar-refractivity contribution in [1.82, 2.24) is 10.2 Å². The fourth-order valence-electron chi connectivity index (χ4n) is 2.51. The summed E-state index contributed by atoms with van der Waals surface area (Å²) in [6, 6.07) is 7.48. The second kappa shape index (κ2) is 2.74. The van der Waals surface area contributed by atoms with Crippen LogP contribution < -0.4 is 4.90 Å². The SMILES string of the molecule is O=C1C2CC2C(=O)N1c1n[nH]c2ccccc12. The zero-order valence-corrected chi connectivity index (χ0v) is 8.88. The van der Waals surface area contributed by atoms with Crippen molar-refractivity contribution >= 4 is 28.5 Å². The number of carbonyl (C=O) groups excluding carboxylic acids is 2. The highest BCUT2D eigenvalue weighted by Gasteiger charge is 2.60. The first-order chi connectivity index (χ1) is 8.27. The number of anilines is 1. The molecule has 2 aliphatic rings. The molecule has 2 heterocycles. The highest BCUT2D eigenvalue weighted by atomic mass is 16.2. The molecule has 1 aliphatic carbocycles. The third kappa shape index (κ3) is 1.01. The number of rotatable bonds is 1. The predicted molar refractivity (Wildman–Crippen MR) is 60.2 cm³/mol. The number of H-pyrrole nitrogens is 1. The third-order valence-electron chi connectivity index (χ3n) is 3.53. The van der Waals surface area contributed by atoms with Crippen molar-refractivity contribution in [3.8, 4) is 0 Å². The minimum absolute atomic E-state index is 0.0852. The number of nitrogens with zero attached hydrogens (tertiary/aromatic N) is 2. The summed E-state index contributed by atoms with van der Waals surface area (Å²) < 4.78 is 0. The maximum absolute atomic E-state index is 12.0. The van der Waals surface area contributed by atoms with E-state index in [1.54, 1.807) is 0 Å². The normalized spacial score (nSPS) is 26.7. The van der Waals surface area contributed by atoms with Crippen molar-refractivity contribution in [2.24, 2.45) is 11.8 Å². The first kappa shape index (κ1) is 8.92. The Morgan fingerprint density at radius 2 is 1.88 bits per heavy atom. The first-order valence-corrected chi connectivity index (χ1v) is 5.58. The lowest BCUT2D eigenvalue weighted by atomic mass is 10.2. The molecule has 1 aromatic heterocycles. The summed E-state index contributed by atoms with van der Waals surface area (Å²) >= 11 is 0. The third-order valence-corrected chi connectivity index (χ3v) is 3.53. The Hall–Kier alpha value is -2.17. The van der Waals surface area contributed by atoms with E-state index in [1.807, 2.05) is 24.3 Å². The number of imide groups is 1. The number of benzene rings is 1. The van der Waals surface area contributed by atoms with Gasteiger partial charge < -0.3 is 0 Å². The van der Waals surface area contributed by atoms with E-state index in [-0.39, 0.29) is 23.7 Å². The average molecular weight is 227 g/mol. The number of para-hydroxylation sites is 1. The zero-order valence-electron chi connectivity index (χ0n) is 8.88. The van der Waals surface area contributed by atoms with Gasteiger partial charge in [-0.2, -0.15) is 5.10 Å². The van der Waals surface area contributed by atoms with E-state index < -0.39 is 0 Å². The lowest BCUT2D eigenvalue weighted by Gasteiger charge is -2.13. The maximum atomic E-state index is 12.0. The molecule has 1 aliphatic heterocycles. The number of fused-ring (bicyclic) bond motifs is 2. The zero-order chi connectivity index (χ0) is 11.6. The molecule has 0 bridgehead atoms. The molecule has 1 saturated heterocycles. The second-order valence-electron chi connectivity index (χ2n) is 4.55. The van der Waals surface area contributed by atoms with Crippen LogP contribution in [0.3, 0.4) is 0 Å². The molecule has 1 N–H and O–H groups in total. The fraction of sp³-hybridized carbons (Fsp3) is 0.250. The van der Waals surface area contributed by atoms with Crippen LogP contribution in [0.25, 0.3) is 10.9 Å². The van der Waals surface area contributed by atoms with Crippen LogP contribution in [-0.2, 0) is 9.59 Å². The minimum atomic E-state index is -0.0998. The van der Waals surface area contributed by atoms with Gasteiger partial charge >= 0.3 is 0 Å². The van der Waals surface area contributed by atoms with Crippen LogP contribution in [0.1, 0.15) is 6.42 Å². The van der Waals surface area contributed by atoms with E-state index in [0.29, 0.717) is 5.82 Å². The number of aromatic nitrogens is 2. The van der Waals surface area contributed by atoms with Gasteiger partial charge in [0, 0.05) is 5.39 Å². The molecule has 1 aromatic carbocycles. The molecule has 84 valence electrons. The Kier molecular flexibility index (Phi) is 1.44. The molecular weight excluding hydrogens is 218 g/mol. The van der Waals surface area contributed by atoms with Gasteiger partial charge in [-0.25, -0.2) is 4.90 Å². The van der Waals surface area contributed by atoms with Crippen LogP contribution in [0.2, 0.25) is 0 Å². The number of piperidine rings is 1. The quantitative estimate of drug-likeness (QED) is 0.741. The Balaban J connectivity index is 1.90.